The fourth-order valence-electron chi connectivity index (χ4n) is 3.64. The Kier molecular flexibility index (Phi) is 6.64. The number of Topliss-reactive ketones (excluding diaryl/α,β-unsaturated/α-hetero) is 1. The minimum Gasteiger partial charge on any atom is -0.346 e. The van der Waals surface area contributed by atoms with Gasteiger partial charge in [-0.15, -0.1) is 0 Å². The van der Waals surface area contributed by atoms with Crippen LogP contribution in [-0.4, -0.2) is 21.5 Å². The third-order valence-electron chi connectivity index (χ3n) is 5.49. The lowest BCUT2D eigenvalue weighted by Gasteiger charge is -2.12. The van der Waals surface area contributed by atoms with Gasteiger partial charge >= 0.3 is 0 Å². The maximum absolute atomic E-state index is 14.8. The summed E-state index contributed by atoms with van der Waals surface area (Å²) in [6, 6.07) is 18.9. The van der Waals surface area contributed by atoms with Gasteiger partial charge in [-0.2, -0.15) is 5.10 Å². The monoisotopic (exact) mass is 473 g/mol. The van der Waals surface area contributed by atoms with Gasteiger partial charge in [0, 0.05) is 29.4 Å². The van der Waals surface area contributed by atoms with Crippen LogP contribution in [0.1, 0.15) is 39.0 Å². The van der Waals surface area contributed by atoms with E-state index in [4.69, 9.17) is 0 Å². The summed E-state index contributed by atoms with van der Waals surface area (Å²) < 4.78 is 31.0. The first-order chi connectivity index (χ1) is 16.7. The number of halogens is 2. The number of carbonyl (C=O) groups excluding carboxylic acids is 2. The molecule has 0 radical (unpaired) electrons. The normalized spacial score (nSPS) is 10.7. The first-order valence-electron chi connectivity index (χ1n) is 10.8. The van der Waals surface area contributed by atoms with Crippen LogP contribution in [0.2, 0.25) is 0 Å². The van der Waals surface area contributed by atoms with Crippen molar-refractivity contribution in [1.82, 2.24) is 15.1 Å². The van der Waals surface area contributed by atoms with Crippen molar-refractivity contribution in [3.63, 3.8) is 0 Å². The van der Waals surface area contributed by atoms with E-state index < -0.39 is 35.2 Å². The van der Waals surface area contributed by atoms with Crippen molar-refractivity contribution in [2.75, 3.05) is 0 Å². The molecule has 35 heavy (non-hydrogen) atoms. The summed E-state index contributed by atoms with van der Waals surface area (Å²) in [5, 5.41) is 6.53. The van der Waals surface area contributed by atoms with Gasteiger partial charge in [0.05, 0.1) is 5.69 Å². The highest BCUT2D eigenvalue weighted by Gasteiger charge is 2.18. The number of nitrogens with one attached hydrogen (secondary N) is 1. The van der Waals surface area contributed by atoms with Gasteiger partial charge in [0.25, 0.3) is 5.91 Å². The van der Waals surface area contributed by atoms with Crippen molar-refractivity contribution in [2.24, 2.45) is 0 Å². The first-order valence-corrected chi connectivity index (χ1v) is 10.8. The Morgan fingerprint density at radius 2 is 1.60 bits per heavy atom. The van der Waals surface area contributed by atoms with E-state index >= 15 is 0 Å². The zero-order valence-electron chi connectivity index (χ0n) is 19.0. The number of rotatable bonds is 6. The van der Waals surface area contributed by atoms with Crippen LogP contribution in [0.4, 0.5) is 8.78 Å². The molecule has 0 aliphatic rings. The van der Waals surface area contributed by atoms with Gasteiger partial charge in [-0.1, -0.05) is 36.4 Å². The standard InChI is InChI=1S/C27H21F2N3O3/c1-16-11-25(34)26(31-32(16)21-9-4-3-5-10-21)27(35)30-15-22-23(28)13-20(14-24(22)29)19-8-6-7-18(12-19)17(2)33/h3-14H,15H2,1-2H3,(H,30,35). The lowest BCUT2D eigenvalue weighted by atomic mass is 10.00. The predicted octanol–water partition coefficient (Wildman–Crippen LogP) is 4.62. The van der Waals surface area contributed by atoms with Crippen molar-refractivity contribution in [3.8, 4) is 16.8 Å². The lowest BCUT2D eigenvalue weighted by Crippen LogP contribution is -2.32. The number of hydrogen-bond donors (Lipinski definition) is 1. The smallest absolute Gasteiger partial charge is 0.276 e. The molecule has 0 spiro atoms. The van der Waals surface area contributed by atoms with E-state index in [0.717, 1.165) is 12.1 Å². The van der Waals surface area contributed by atoms with E-state index in [1.54, 1.807) is 55.5 Å². The van der Waals surface area contributed by atoms with Gasteiger partial charge < -0.3 is 5.32 Å². The van der Waals surface area contributed by atoms with Crippen LogP contribution in [0.25, 0.3) is 16.8 Å². The number of benzene rings is 3. The molecular formula is C27H21F2N3O3. The minimum absolute atomic E-state index is 0.164. The molecule has 0 atom stereocenters. The number of amides is 1. The van der Waals surface area contributed by atoms with E-state index in [1.807, 2.05) is 6.07 Å². The molecular weight excluding hydrogens is 452 g/mol. The number of aryl methyl sites for hydroxylation is 1. The molecule has 6 nitrogen and oxygen atoms in total. The van der Waals surface area contributed by atoms with E-state index in [0.29, 0.717) is 22.5 Å². The van der Waals surface area contributed by atoms with Crippen LogP contribution < -0.4 is 10.7 Å². The summed E-state index contributed by atoms with van der Waals surface area (Å²) in [6.07, 6.45) is 0. The van der Waals surface area contributed by atoms with Crippen molar-refractivity contribution < 1.29 is 18.4 Å². The van der Waals surface area contributed by atoms with Crippen molar-refractivity contribution in [2.45, 2.75) is 20.4 Å². The maximum atomic E-state index is 14.8. The maximum Gasteiger partial charge on any atom is 0.276 e. The van der Waals surface area contributed by atoms with Gasteiger partial charge in [-0.25, -0.2) is 13.5 Å². The second kappa shape index (κ2) is 9.80. The molecule has 8 heteroatoms. The summed E-state index contributed by atoms with van der Waals surface area (Å²) >= 11 is 0. The Morgan fingerprint density at radius 3 is 2.26 bits per heavy atom. The molecule has 1 amide bonds. The molecule has 4 aromatic rings. The van der Waals surface area contributed by atoms with Gasteiger partial charge in [0.1, 0.15) is 11.6 Å². The van der Waals surface area contributed by atoms with Crippen molar-refractivity contribution in [1.29, 1.82) is 0 Å². The van der Waals surface area contributed by atoms with Crippen LogP contribution >= 0.6 is 0 Å². The van der Waals surface area contributed by atoms with Crippen LogP contribution in [0.5, 0.6) is 0 Å². The average molecular weight is 473 g/mol. The van der Waals surface area contributed by atoms with E-state index in [-0.39, 0.29) is 16.9 Å². The molecule has 0 bridgehead atoms. The summed E-state index contributed by atoms with van der Waals surface area (Å²) in [6.45, 7) is 2.61. The molecule has 0 saturated carbocycles. The number of hydrogen-bond acceptors (Lipinski definition) is 4. The zero-order valence-corrected chi connectivity index (χ0v) is 19.0. The molecule has 1 heterocycles. The van der Waals surface area contributed by atoms with Crippen molar-refractivity contribution in [3.05, 3.63) is 117 Å². The second-order valence-electron chi connectivity index (χ2n) is 7.98. The van der Waals surface area contributed by atoms with E-state index in [1.165, 1.54) is 17.7 Å². The number of nitrogens with zero attached hydrogens (tertiary/aromatic N) is 2. The summed E-state index contributed by atoms with van der Waals surface area (Å²) in [5.41, 5.74) is 0.985. The zero-order chi connectivity index (χ0) is 25.1. The molecule has 0 fully saturated rings. The fraction of sp³-hybridized carbons (Fsp3) is 0.111. The molecule has 3 aromatic carbocycles. The van der Waals surface area contributed by atoms with E-state index in [2.05, 4.69) is 10.4 Å². The number of ketones is 1. The quantitative estimate of drug-likeness (QED) is 0.415. The third-order valence-corrected chi connectivity index (χ3v) is 5.49. The summed E-state index contributed by atoms with van der Waals surface area (Å²) in [5.74, 6) is -2.75. The highest BCUT2D eigenvalue weighted by molar-refractivity contribution is 5.95. The third kappa shape index (κ3) is 5.06. The van der Waals surface area contributed by atoms with Crippen LogP contribution in [0.3, 0.4) is 0 Å². The fourth-order valence-corrected chi connectivity index (χ4v) is 3.64. The van der Waals surface area contributed by atoms with Crippen LogP contribution in [0.15, 0.2) is 77.6 Å². The lowest BCUT2D eigenvalue weighted by molar-refractivity contribution is 0.0941. The van der Waals surface area contributed by atoms with E-state index in [9.17, 15) is 23.2 Å². The van der Waals surface area contributed by atoms with Gasteiger partial charge in [-0.05, 0) is 55.3 Å². The van der Waals surface area contributed by atoms with Crippen LogP contribution in [0, 0.1) is 18.6 Å². The molecule has 4 rings (SSSR count). The number of para-hydroxylation sites is 1. The molecule has 176 valence electrons. The van der Waals surface area contributed by atoms with Gasteiger partial charge in [-0.3, -0.25) is 14.4 Å². The highest BCUT2D eigenvalue weighted by atomic mass is 19.1. The molecule has 0 unspecified atom stereocenters. The van der Waals surface area contributed by atoms with Crippen LogP contribution in [-0.2, 0) is 6.54 Å². The summed E-state index contributed by atoms with van der Waals surface area (Å²) in [7, 11) is 0. The predicted molar refractivity (Wildman–Crippen MR) is 128 cm³/mol. The minimum atomic E-state index is -0.868. The topological polar surface area (TPSA) is 81.1 Å². The Morgan fingerprint density at radius 1 is 0.914 bits per heavy atom. The Balaban J connectivity index is 1.57. The SMILES string of the molecule is CC(=O)c1cccc(-c2cc(F)c(CNC(=O)c3nn(-c4ccccc4)c(C)cc3=O)c(F)c2)c1. The van der Waals surface area contributed by atoms with Gasteiger partial charge in [0.15, 0.2) is 11.5 Å². The summed E-state index contributed by atoms with van der Waals surface area (Å²) in [4.78, 5) is 36.7. The largest absolute Gasteiger partial charge is 0.346 e. The second-order valence-corrected chi connectivity index (χ2v) is 7.98. The Bertz CT molecular complexity index is 1470. The van der Waals surface area contributed by atoms with Crippen molar-refractivity contribution >= 4 is 11.7 Å². The molecule has 1 N–H and O–H groups in total. The molecule has 0 aliphatic carbocycles. The average Bonchev–Trinajstić information content (AvgIpc) is 2.84. The molecule has 1 aromatic heterocycles. The highest BCUT2D eigenvalue weighted by Crippen LogP contribution is 2.25. The number of carbonyl (C=O) groups is 2. The van der Waals surface area contributed by atoms with Gasteiger partial charge in [0.2, 0.25) is 5.43 Å². The molecule has 0 aliphatic heterocycles. The first kappa shape index (κ1) is 23.7. The number of aromatic nitrogens is 2. The Hall–Kier alpha value is -4.46. The molecule has 0 saturated heterocycles. The Labute approximate surface area is 199 Å².